The average molecular weight is 326 g/mol. The second-order valence-electron chi connectivity index (χ2n) is 7.38. The van der Waals surface area contributed by atoms with Gasteiger partial charge in [-0.25, -0.2) is 0 Å². The van der Waals surface area contributed by atoms with Crippen molar-refractivity contribution in [1.29, 1.82) is 0 Å². The number of rotatable bonds is 4. The molecule has 1 aromatic carbocycles. The third kappa shape index (κ3) is 3.25. The van der Waals surface area contributed by atoms with E-state index in [1.165, 1.54) is 0 Å². The maximum Gasteiger partial charge on any atom is 0.261 e. The molecular formula is C19H22N2O3. The molecule has 1 aliphatic rings. The highest BCUT2D eigenvalue weighted by Crippen LogP contribution is 2.33. The Bertz CT molecular complexity index is 778. The Labute approximate surface area is 141 Å². The van der Waals surface area contributed by atoms with E-state index in [9.17, 15) is 9.59 Å². The topological polar surface area (TPSA) is 72.2 Å². The maximum atomic E-state index is 12.6. The van der Waals surface area contributed by atoms with Crippen LogP contribution >= 0.6 is 0 Å². The lowest BCUT2D eigenvalue weighted by atomic mass is 9.88. The molecule has 1 N–H and O–H groups in total. The fourth-order valence-electron chi connectivity index (χ4n) is 2.64. The van der Waals surface area contributed by atoms with E-state index in [-0.39, 0.29) is 23.0 Å². The molecular weight excluding hydrogens is 304 g/mol. The molecule has 5 nitrogen and oxygen atoms in total. The second kappa shape index (κ2) is 5.89. The van der Waals surface area contributed by atoms with Gasteiger partial charge < -0.3 is 9.84 Å². The van der Waals surface area contributed by atoms with Crippen molar-refractivity contribution in [2.24, 2.45) is 5.92 Å². The zero-order chi connectivity index (χ0) is 17.5. The van der Waals surface area contributed by atoms with Gasteiger partial charge in [0.25, 0.3) is 5.91 Å². The lowest BCUT2D eigenvalue weighted by Crippen LogP contribution is -2.21. The van der Waals surface area contributed by atoms with Gasteiger partial charge >= 0.3 is 0 Å². The monoisotopic (exact) mass is 326 g/mol. The predicted octanol–water partition coefficient (Wildman–Crippen LogP) is 4.13. The summed E-state index contributed by atoms with van der Waals surface area (Å²) in [4.78, 5) is 24.6. The summed E-state index contributed by atoms with van der Waals surface area (Å²) in [6.07, 6.45) is 1.97. The second-order valence-corrected chi connectivity index (χ2v) is 7.38. The standard InChI is InChI=1S/C19H22N2O3/c1-11-15(17(21-24-11)19(2,3)4)18(23)20-14-9-7-13(8-10-14)16(22)12-5-6-12/h7-10,12H,5-6H2,1-4H3,(H,20,23). The number of benzene rings is 1. The van der Waals surface area contributed by atoms with E-state index in [4.69, 9.17) is 4.52 Å². The van der Waals surface area contributed by atoms with Gasteiger partial charge in [0, 0.05) is 22.6 Å². The zero-order valence-corrected chi connectivity index (χ0v) is 14.5. The van der Waals surface area contributed by atoms with Crippen LogP contribution in [0.3, 0.4) is 0 Å². The first-order valence-corrected chi connectivity index (χ1v) is 8.20. The van der Waals surface area contributed by atoms with Crippen LogP contribution in [0.15, 0.2) is 28.8 Å². The first kappa shape index (κ1) is 16.4. The van der Waals surface area contributed by atoms with Crippen molar-refractivity contribution < 1.29 is 14.1 Å². The summed E-state index contributed by atoms with van der Waals surface area (Å²) in [5.74, 6) is 0.634. The number of carbonyl (C=O) groups is 2. The molecule has 1 heterocycles. The van der Waals surface area contributed by atoms with Crippen molar-refractivity contribution in [3.8, 4) is 0 Å². The molecule has 1 fully saturated rings. The van der Waals surface area contributed by atoms with Crippen LogP contribution < -0.4 is 5.32 Å². The SMILES string of the molecule is Cc1onc(C(C)(C)C)c1C(=O)Nc1ccc(C(=O)C2CC2)cc1. The van der Waals surface area contributed by atoms with Gasteiger partial charge in [-0.05, 0) is 44.0 Å². The average Bonchev–Trinajstić information content (AvgIpc) is 3.28. The summed E-state index contributed by atoms with van der Waals surface area (Å²) >= 11 is 0. The number of hydrogen-bond donors (Lipinski definition) is 1. The third-order valence-electron chi connectivity index (χ3n) is 4.18. The minimum Gasteiger partial charge on any atom is -0.361 e. The molecule has 1 aliphatic carbocycles. The van der Waals surface area contributed by atoms with Gasteiger partial charge in [0.2, 0.25) is 0 Å². The quantitative estimate of drug-likeness (QED) is 0.858. The molecule has 1 amide bonds. The Balaban J connectivity index is 1.78. The Kier molecular flexibility index (Phi) is 4.03. The van der Waals surface area contributed by atoms with E-state index in [2.05, 4.69) is 10.5 Å². The molecule has 0 spiro atoms. The number of Topliss-reactive ketones (excluding diaryl/α,β-unsaturated/α-hetero) is 1. The number of amides is 1. The normalized spacial score (nSPS) is 14.5. The third-order valence-corrected chi connectivity index (χ3v) is 4.18. The van der Waals surface area contributed by atoms with Crippen molar-refractivity contribution in [3.63, 3.8) is 0 Å². The predicted molar refractivity (Wildman–Crippen MR) is 91.4 cm³/mol. The molecule has 0 saturated heterocycles. The molecule has 1 saturated carbocycles. The van der Waals surface area contributed by atoms with Gasteiger partial charge in [0.15, 0.2) is 5.78 Å². The fraction of sp³-hybridized carbons (Fsp3) is 0.421. The lowest BCUT2D eigenvalue weighted by Gasteiger charge is -2.16. The first-order valence-electron chi connectivity index (χ1n) is 8.20. The van der Waals surface area contributed by atoms with Crippen LogP contribution in [0, 0.1) is 12.8 Å². The summed E-state index contributed by atoms with van der Waals surface area (Å²) in [6, 6.07) is 7.04. The molecule has 5 heteroatoms. The summed E-state index contributed by atoms with van der Waals surface area (Å²) in [6.45, 7) is 7.69. The molecule has 2 aromatic rings. The molecule has 24 heavy (non-hydrogen) atoms. The molecule has 0 aliphatic heterocycles. The summed E-state index contributed by atoms with van der Waals surface area (Å²) in [5, 5.41) is 6.89. The highest BCUT2D eigenvalue weighted by Gasteiger charge is 2.31. The molecule has 0 unspecified atom stereocenters. The van der Waals surface area contributed by atoms with E-state index < -0.39 is 0 Å². The summed E-state index contributed by atoms with van der Waals surface area (Å²) in [5.41, 5.74) is 2.17. The fourth-order valence-corrected chi connectivity index (χ4v) is 2.64. The minimum atomic E-state index is -0.287. The van der Waals surface area contributed by atoms with Crippen LogP contribution in [0.1, 0.15) is 65.8 Å². The van der Waals surface area contributed by atoms with Crippen LogP contribution in [-0.4, -0.2) is 16.8 Å². The van der Waals surface area contributed by atoms with Crippen molar-refractivity contribution in [2.45, 2.75) is 46.0 Å². The van der Waals surface area contributed by atoms with Crippen LogP contribution in [0.5, 0.6) is 0 Å². The molecule has 0 radical (unpaired) electrons. The van der Waals surface area contributed by atoms with Crippen LogP contribution in [0.25, 0.3) is 0 Å². The number of aryl methyl sites for hydroxylation is 1. The van der Waals surface area contributed by atoms with Crippen LogP contribution in [-0.2, 0) is 5.41 Å². The summed E-state index contributed by atoms with van der Waals surface area (Å²) < 4.78 is 5.21. The first-order chi connectivity index (χ1) is 11.3. The number of nitrogens with one attached hydrogen (secondary N) is 1. The Hall–Kier alpha value is -2.43. The maximum absolute atomic E-state index is 12.6. The van der Waals surface area contributed by atoms with Gasteiger partial charge in [0.1, 0.15) is 17.0 Å². The summed E-state index contributed by atoms with van der Waals surface area (Å²) in [7, 11) is 0. The molecule has 0 atom stereocenters. The van der Waals surface area contributed by atoms with Crippen molar-refractivity contribution in [1.82, 2.24) is 5.16 Å². The van der Waals surface area contributed by atoms with Gasteiger partial charge in [-0.15, -0.1) is 0 Å². The van der Waals surface area contributed by atoms with Crippen molar-refractivity contribution in [2.75, 3.05) is 5.32 Å². The lowest BCUT2D eigenvalue weighted by molar-refractivity contribution is 0.0967. The van der Waals surface area contributed by atoms with Crippen molar-refractivity contribution in [3.05, 3.63) is 46.8 Å². The highest BCUT2D eigenvalue weighted by atomic mass is 16.5. The molecule has 126 valence electrons. The van der Waals surface area contributed by atoms with Crippen molar-refractivity contribution >= 4 is 17.4 Å². The Morgan fingerprint density at radius 3 is 2.33 bits per heavy atom. The van der Waals surface area contributed by atoms with Gasteiger partial charge in [-0.3, -0.25) is 9.59 Å². The minimum absolute atomic E-state index is 0.192. The number of aromatic nitrogens is 1. The largest absolute Gasteiger partial charge is 0.361 e. The van der Waals surface area contributed by atoms with E-state index in [0.717, 1.165) is 12.8 Å². The molecule has 3 rings (SSSR count). The molecule has 0 bridgehead atoms. The van der Waals surface area contributed by atoms with E-state index >= 15 is 0 Å². The number of hydrogen-bond acceptors (Lipinski definition) is 4. The number of carbonyl (C=O) groups excluding carboxylic acids is 2. The number of ketones is 1. The van der Waals surface area contributed by atoms with Gasteiger partial charge in [-0.2, -0.15) is 0 Å². The van der Waals surface area contributed by atoms with Gasteiger partial charge in [-0.1, -0.05) is 25.9 Å². The van der Waals surface area contributed by atoms with E-state index in [0.29, 0.717) is 28.3 Å². The van der Waals surface area contributed by atoms with E-state index in [1.54, 1.807) is 31.2 Å². The zero-order valence-electron chi connectivity index (χ0n) is 14.5. The Morgan fingerprint density at radius 1 is 1.17 bits per heavy atom. The van der Waals surface area contributed by atoms with E-state index in [1.807, 2.05) is 20.8 Å². The van der Waals surface area contributed by atoms with Gasteiger partial charge in [0.05, 0.1) is 0 Å². The number of nitrogens with zero attached hydrogens (tertiary/aromatic N) is 1. The van der Waals surface area contributed by atoms with Crippen LogP contribution in [0.4, 0.5) is 5.69 Å². The Morgan fingerprint density at radius 2 is 1.79 bits per heavy atom. The molecule has 1 aromatic heterocycles. The smallest absolute Gasteiger partial charge is 0.261 e. The highest BCUT2D eigenvalue weighted by molar-refractivity contribution is 6.06. The van der Waals surface area contributed by atoms with Crippen LogP contribution in [0.2, 0.25) is 0 Å². The number of anilines is 1.